The molecule has 17 heavy (non-hydrogen) atoms. The highest BCUT2D eigenvalue weighted by Gasteiger charge is 2.06. The molecule has 0 saturated carbocycles. The van der Waals surface area contributed by atoms with Crippen molar-refractivity contribution in [2.75, 3.05) is 12.4 Å². The molecule has 6 heteroatoms. The highest BCUT2D eigenvalue weighted by atomic mass is 35.5. The summed E-state index contributed by atoms with van der Waals surface area (Å²) in [6, 6.07) is 5.34. The lowest BCUT2D eigenvalue weighted by Gasteiger charge is -2.09. The van der Waals surface area contributed by atoms with E-state index in [-0.39, 0.29) is 0 Å². The van der Waals surface area contributed by atoms with Crippen LogP contribution in [0.4, 0.5) is 5.69 Å². The summed E-state index contributed by atoms with van der Waals surface area (Å²) in [6.45, 7) is 2.20. The van der Waals surface area contributed by atoms with E-state index >= 15 is 0 Å². The lowest BCUT2D eigenvalue weighted by Crippen LogP contribution is -2.01. The van der Waals surface area contributed by atoms with Crippen molar-refractivity contribution in [2.45, 2.75) is 13.5 Å². The molecule has 0 aliphatic heterocycles. The molecule has 1 heterocycles. The number of ether oxygens (including phenoxy) is 1. The van der Waals surface area contributed by atoms with Gasteiger partial charge in [-0.25, -0.2) is 0 Å². The van der Waals surface area contributed by atoms with Gasteiger partial charge in [0.15, 0.2) is 5.82 Å². The van der Waals surface area contributed by atoms with Gasteiger partial charge in [0.2, 0.25) is 5.89 Å². The lowest BCUT2D eigenvalue weighted by atomic mass is 10.3. The Morgan fingerprint density at radius 1 is 1.47 bits per heavy atom. The average Bonchev–Trinajstić information content (AvgIpc) is 2.73. The third kappa shape index (κ3) is 2.88. The molecule has 0 amide bonds. The number of nitrogens with one attached hydrogen (secondary N) is 1. The topological polar surface area (TPSA) is 60.2 Å². The van der Waals surface area contributed by atoms with Crippen molar-refractivity contribution in [3.63, 3.8) is 0 Å². The standard InChI is InChI=1S/C11H12ClN3O2/c1-7-14-11(17-15-7)6-13-9-5-8(12)3-4-10(9)16-2/h3-5,13H,6H2,1-2H3. The van der Waals surface area contributed by atoms with Crippen molar-refractivity contribution in [1.29, 1.82) is 0 Å². The minimum absolute atomic E-state index is 0.428. The van der Waals surface area contributed by atoms with Crippen LogP contribution in [0.1, 0.15) is 11.7 Å². The van der Waals surface area contributed by atoms with Gasteiger partial charge in [-0.1, -0.05) is 16.8 Å². The van der Waals surface area contributed by atoms with E-state index in [1.165, 1.54) is 0 Å². The van der Waals surface area contributed by atoms with Crippen LogP contribution in [0.3, 0.4) is 0 Å². The van der Waals surface area contributed by atoms with Crippen molar-refractivity contribution in [1.82, 2.24) is 10.1 Å². The molecule has 2 rings (SSSR count). The molecule has 0 atom stereocenters. The summed E-state index contributed by atoms with van der Waals surface area (Å²) in [5, 5.41) is 7.47. The number of halogens is 1. The third-order valence-corrected chi connectivity index (χ3v) is 2.40. The zero-order valence-electron chi connectivity index (χ0n) is 9.53. The van der Waals surface area contributed by atoms with E-state index in [2.05, 4.69) is 15.5 Å². The Kier molecular flexibility index (Phi) is 3.49. The molecular weight excluding hydrogens is 242 g/mol. The smallest absolute Gasteiger partial charge is 0.245 e. The second-order valence-electron chi connectivity index (χ2n) is 3.43. The van der Waals surface area contributed by atoms with Crippen LogP contribution < -0.4 is 10.1 Å². The minimum atomic E-state index is 0.428. The first-order chi connectivity index (χ1) is 8.19. The summed E-state index contributed by atoms with van der Waals surface area (Å²) in [5.74, 6) is 1.84. The average molecular weight is 254 g/mol. The van der Waals surface area contributed by atoms with Crippen LogP contribution in [-0.4, -0.2) is 17.3 Å². The van der Waals surface area contributed by atoms with Gasteiger partial charge in [0, 0.05) is 5.02 Å². The van der Waals surface area contributed by atoms with E-state index in [0.29, 0.717) is 29.0 Å². The van der Waals surface area contributed by atoms with Crippen molar-refractivity contribution in [3.05, 3.63) is 34.9 Å². The monoisotopic (exact) mass is 253 g/mol. The molecule has 1 N–H and O–H groups in total. The molecule has 5 nitrogen and oxygen atoms in total. The van der Waals surface area contributed by atoms with Gasteiger partial charge in [0.1, 0.15) is 5.75 Å². The van der Waals surface area contributed by atoms with E-state index in [1.54, 1.807) is 32.2 Å². The van der Waals surface area contributed by atoms with Gasteiger partial charge in [0.05, 0.1) is 19.3 Å². The Hall–Kier alpha value is -1.75. The highest BCUT2D eigenvalue weighted by molar-refractivity contribution is 6.30. The van der Waals surface area contributed by atoms with Crippen LogP contribution in [0.25, 0.3) is 0 Å². The predicted octanol–water partition coefficient (Wildman–Crippen LogP) is 2.65. The number of rotatable bonds is 4. The maximum atomic E-state index is 5.91. The van der Waals surface area contributed by atoms with Crippen LogP contribution in [0.5, 0.6) is 5.75 Å². The van der Waals surface area contributed by atoms with Gasteiger partial charge in [-0.15, -0.1) is 0 Å². The molecule has 0 bridgehead atoms. The third-order valence-electron chi connectivity index (χ3n) is 2.16. The van der Waals surface area contributed by atoms with Gasteiger partial charge >= 0.3 is 0 Å². The molecule has 2 aromatic rings. The summed E-state index contributed by atoms with van der Waals surface area (Å²) in [4.78, 5) is 4.09. The number of aryl methyl sites for hydroxylation is 1. The highest BCUT2D eigenvalue weighted by Crippen LogP contribution is 2.27. The molecule has 0 unspecified atom stereocenters. The van der Waals surface area contributed by atoms with Crippen LogP contribution in [0.15, 0.2) is 22.7 Å². The van der Waals surface area contributed by atoms with E-state index in [0.717, 1.165) is 5.69 Å². The Balaban J connectivity index is 2.10. The second kappa shape index (κ2) is 5.05. The van der Waals surface area contributed by atoms with E-state index in [4.69, 9.17) is 20.9 Å². The Labute approximate surface area is 104 Å². The van der Waals surface area contributed by atoms with Crippen molar-refractivity contribution in [2.24, 2.45) is 0 Å². The number of benzene rings is 1. The van der Waals surface area contributed by atoms with Crippen molar-refractivity contribution < 1.29 is 9.26 Å². The zero-order chi connectivity index (χ0) is 12.3. The Bertz CT molecular complexity index is 513. The summed E-state index contributed by atoms with van der Waals surface area (Å²) in [7, 11) is 1.60. The Morgan fingerprint density at radius 2 is 2.29 bits per heavy atom. The molecular formula is C11H12ClN3O2. The van der Waals surface area contributed by atoms with Crippen molar-refractivity contribution >= 4 is 17.3 Å². The molecule has 1 aromatic heterocycles. The summed E-state index contributed by atoms with van der Waals surface area (Å²) in [6.07, 6.45) is 0. The van der Waals surface area contributed by atoms with Gasteiger partial charge < -0.3 is 14.6 Å². The first kappa shape index (κ1) is 11.7. The van der Waals surface area contributed by atoms with Crippen molar-refractivity contribution in [3.8, 4) is 5.75 Å². The SMILES string of the molecule is COc1ccc(Cl)cc1NCc1nc(C)no1. The second-order valence-corrected chi connectivity index (χ2v) is 3.87. The normalized spacial score (nSPS) is 10.3. The van der Waals surface area contributed by atoms with Crippen LogP contribution in [0, 0.1) is 6.92 Å². The van der Waals surface area contributed by atoms with Gasteiger partial charge in [-0.05, 0) is 25.1 Å². The van der Waals surface area contributed by atoms with E-state index in [1.807, 2.05) is 0 Å². The predicted molar refractivity (Wildman–Crippen MR) is 64.4 cm³/mol. The number of methoxy groups -OCH3 is 1. The maximum absolute atomic E-state index is 5.91. The van der Waals surface area contributed by atoms with Crippen LogP contribution in [-0.2, 0) is 6.54 Å². The molecule has 0 aliphatic carbocycles. The first-order valence-corrected chi connectivity index (χ1v) is 5.43. The van der Waals surface area contributed by atoms with Crippen LogP contribution in [0.2, 0.25) is 5.02 Å². The number of nitrogens with zero attached hydrogens (tertiary/aromatic N) is 2. The van der Waals surface area contributed by atoms with Gasteiger partial charge in [0.25, 0.3) is 0 Å². The van der Waals surface area contributed by atoms with Crippen LogP contribution >= 0.6 is 11.6 Å². The molecule has 0 fully saturated rings. The number of aromatic nitrogens is 2. The summed E-state index contributed by atoms with van der Waals surface area (Å²) in [5.41, 5.74) is 0.788. The fourth-order valence-corrected chi connectivity index (χ4v) is 1.57. The quantitative estimate of drug-likeness (QED) is 0.908. The molecule has 0 radical (unpaired) electrons. The molecule has 0 spiro atoms. The Morgan fingerprint density at radius 3 is 2.94 bits per heavy atom. The fraction of sp³-hybridized carbons (Fsp3) is 0.273. The number of anilines is 1. The summed E-state index contributed by atoms with van der Waals surface area (Å²) >= 11 is 5.91. The van der Waals surface area contributed by atoms with Gasteiger partial charge in [-0.3, -0.25) is 0 Å². The molecule has 1 aromatic carbocycles. The molecule has 90 valence electrons. The minimum Gasteiger partial charge on any atom is -0.495 e. The zero-order valence-corrected chi connectivity index (χ0v) is 10.3. The molecule has 0 saturated heterocycles. The number of hydrogen-bond acceptors (Lipinski definition) is 5. The largest absolute Gasteiger partial charge is 0.495 e. The van der Waals surface area contributed by atoms with Gasteiger partial charge in [-0.2, -0.15) is 4.98 Å². The van der Waals surface area contributed by atoms with E-state index < -0.39 is 0 Å². The maximum Gasteiger partial charge on any atom is 0.245 e. The first-order valence-electron chi connectivity index (χ1n) is 5.05. The van der Waals surface area contributed by atoms with E-state index in [9.17, 15) is 0 Å². The summed E-state index contributed by atoms with van der Waals surface area (Å²) < 4.78 is 10.2. The number of hydrogen-bond donors (Lipinski definition) is 1. The molecule has 0 aliphatic rings. The fourth-order valence-electron chi connectivity index (χ4n) is 1.40. The lowest BCUT2D eigenvalue weighted by molar-refractivity contribution is 0.379.